The number of likely N-dealkylation sites (tertiary alicyclic amines) is 1. The zero-order valence-electron chi connectivity index (χ0n) is 12.3. The van der Waals surface area contributed by atoms with Crippen molar-refractivity contribution < 1.29 is 0 Å². The molecule has 1 aliphatic heterocycles. The first kappa shape index (κ1) is 13.6. The first-order valence-corrected chi connectivity index (χ1v) is 7.93. The molecule has 3 rings (SSSR count). The minimum atomic E-state index is 0.474. The van der Waals surface area contributed by atoms with E-state index in [1.165, 1.54) is 10.6 Å². The predicted molar refractivity (Wildman–Crippen MR) is 81.0 cm³/mol. The first-order chi connectivity index (χ1) is 9.61. The minimum absolute atomic E-state index is 0.474. The van der Waals surface area contributed by atoms with Gasteiger partial charge in [0.1, 0.15) is 5.82 Å². The third-order valence-corrected chi connectivity index (χ3v) is 4.77. The van der Waals surface area contributed by atoms with Gasteiger partial charge in [0.2, 0.25) is 0 Å². The van der Waals surface area contributed by atoms with Gasteiger partial charge in [0.25, 0.3) is 0 Å². The third kappa shape index (κ3) is 2.88. The van der Waals surface area contributed by atoms with Crippen LogP contribution in [0.4, 0.5) is 0 Å². The van der Waals surface area contributed by atoms with Gasteiger partial charge in [-0.25, -0.2) is 15.0 Å². The van der Waals surface area contributed by atoms with Crippen molar-refractivity contribution in [1.29, 1.82) is 0 Å². The highest BCUT2D eigenvalue weighted by Crippen LogP contribution is 2.27. The van der Waals surface area contributed by atoms with Crippen LogP contribution in [-0.2, 0) is 6.54 Å². The molecule has 1 atom stereocenters. The highest BCUT2D eigenvalue weighted by atomic mass is 32.1. The molecule has 0 N–H and O–H groups in total. The van der Waals surface area contributed by atoms with E-state index >= 15 is 0 Å². The highest BCUT2D eigenvalue weighted by Gasteiger charge is 2.26. The molecule has 4 nitrogen and oxygen atoms in total. The van der Waals surface area contributed by atoms with Gasteiger partial charge in [0, 0.05) is 35.3 Å². The lowest BCUT2D eigenvalue weighted by atomic mass is 10.1. The largest absolute Gasteiger partial charge is 0.297 e. The monoisotopic (exact) mass is 288 g/mol. The summed E-state index contributed by atoms with van der Waals surface area (Å²) < 4.78 is 0. The molecule has 1 aliphatic rings. The molecule has 20 heavy (non-hydrogen) atoms. The zero-order valence-corrected chi connectivity index (χ0v) is 13.1. The van der Waals surface area contributed by atoms with E-state index < -0.39 is 0 Å². The number of hydrogen-bond donors (Lipinski definition) is 0. The summed E-state index contributed by atoms with van der Waals surface area (Å²) in [4.78, 5) is 17.4. The van der Waals surface area contributed by atoms with Gasteiger partial charge < -0.3 is 0 Å². The van der Waals surface area contributed by atoms with Crippen LogP contribution in [0.1, 0.15) is 40.1 Å². The standard InChI is InChI=1S/C15H20N4S/c1-10-6-11(2)18-15(17-10)13-4-5-19(7-13)8-14-12(3)16-9-20-14/h6,9,13H,4-5,7-8H2,1-3H3. The molecule has 0 aliphatic carbocycles. The smallest absolute Gasteiger partial charge is 0.133 e. The molecule has 2 aromatic heterocycles. The summed E-state index contributed by atoms with van der Waals surface area (Å²) in [5.74, 6) is 1.49. The van der Waals surface area contributed by atoms with Crippen molar-refractivity contribution in [2.75, 3.05) is 13.1 Å². The van der Waals surface area contributed by atoms with Crippen molar-refractivity contribution in [2.24, 2.45) is 0 Å². The van der Waals surface area contributed by atoms with Crippen LogP contribution in [0.5, 0.6) is 0 Å². The second kappa shape index (κ2) is 5.58. The molecule has 2 aromatic rings. The van der Waals surface area contributed by atoms with E-state index in [4.69, 9.17) is 0 Å². The van der Waals surface area contributed by atoms with Crippen LogP contribution in [0.15, 0.2) is 11.6 Å². The van der Waals surface area contributed by atoms with E-state index in [1.54, 1.807) is 11.3 Å². The molecular formula is C15H20N4S. The minimum Gasteiger partial charge on any atom is -0.297 e. The Balaban J connectivity index is 1.69. The van der Waals surface area contributed by atoms with Crippen LogP contribution in [0.25, 0.3) is 0 Å². The quantitative estimate of drug-likeness (QED) is 0.871. The first-order valence-electron chi connectivity index (χ1n) is 7.05. The van der Waals surface area contributed by atoms with Crippen LogP contribution in [0.3, 0.4) is 0 Å². The third-order valence-electron chi connectivity index (χ3n) is 3.85. The molecular weight excluding hydrogens is 268 g/mol. The number of aromatic nitrogens is 3. The SMILES string of the molecule is Cc1cc(C)nc(C2CCN(Cc3scnc3C)C2)n1. The summed E-state index contributed by atoms with van der Waals surface area (Å²) >= 11 is 1.75. The van der Waals surface area contributed by atoms with Crippen molar-refractivity contribution >= 4 is 11.3 Å². The van der Waals surface area contributed by atoms with Crippen molar-refractivity contribution in [2.45, 2.75) is 39.7 Å². The van der Waals surface area contributed by atoms with E-state index in [-0.39, 0.29) is 0 Å². The van der Waals surface area contributed by atoms with Gasteiger partial charge in [-0.15, -0.1) is 11.3 Å². The molecule has 0 spiro atoms. The maximum Gasteiger partial charge on any atom is 0.133 e. The Labute approximate surface area is 123 Å². The maximum absolute atomic E-state index is 4.62. The Kier molecular flexibility index (Phi) is 3.81. The zero-order chi connectivity index (χ0) is 14.1. The Hall–Kier alpha value is -1.33. The van der Waals surface area contributed by atoms with E-state index in [2.05, 4.69) is 26.8 Å². The van der Waals surface area contributed by atoms with E-state index in [1.807, 2.05) is 25.4 Å². The lowest BCUT2D eigenvalue weighted by Crippen LogP contribution is -2.20. The van der Waals surface area contributed by atoms with E-state index in [9.17, 15) is 0 Å². The fourth-order valence-corrected chi connectivity index (χ4v) is 3.62. The van der Waals surface area contributed by atoms with Crippen LogP contribution < -0.4 is 0 Å². The number of thiazole rings is 1. The highest BCUT2D eigenvalue weighted by molar-refractivity contribution is 7.09. The van der Waals surface area contributed by atoms with Crippen molar-refractivity contribution in [3.05, 3.63) is 39.4 Å². The topological polar surface area (TPSA) is 41.9 Å². The molecule has 1 saturated heterocycles. The maximum atomic E-state index is 4.62. The van der Waals surface area contributed by atoms with Gasteiger partial charge in [-0.3, -0.25) is 4.90 Å². The van der Waals surface area contributed by atoms with Crippen LogP contribution >= 0.6 is 11.3 Å². The number of rotatable bonds is 3. The molecule has 0 amide bonds. The van der Waals surface area contributed by atoms with Crippen molar-refractivity contribution in [3.8, 4) is 0 Å². The average molecular weight is 288 g/mol. The molecule has 1 unspecified atom stereocenters. The molecule has 3 heterocycles. The summed E-state index contributed by atoms with van der Waals surface area (Å²) in [5, 5.41) is 0. The average Bonchev–Trinajstić information content (AvgIpc) is 2.99. The fraction of sp³-hybridized carbons (Fsp3) is 0.533. The number of nitrogens with zero attached hydrogens (tertiary/aromatic N) is 4. The number of aryl methyl sites for hydroxylation is 3. The van der Waals surface area contributed by atoms with E-state index in [0.717, 1.165) is 43.3 Å². The fourth-order valence-electron chi connectivity index (χ4n) is 2.80. The van der Waals surface area contributed by atoms with Crippen molar-refractivity contribution in [1.82, 2.24) is 19.9 Å². The van der Waals surface area contributed by atoms with Crippen LogP contribution in [0.2, 0.25) is 0 Å². The van der Waals surface area contributed by atoms with Gasteiger partial charge in [-0.1, -0.05) is 0 Å². The molecule has 0 saturated carbocycles. The molecule has 0 bridgehead atoms. The Bertz CT molecular complexity index is 587. The summed E-state index contributed by atoms with van der Waals surface area (Å²) in [6, 6.07) is 2.04. The second-order valence-corrected chi connectivity index (χ2v) is 6.53. The lowest BCUT2D eigenvalue weighted by molar-refractivity contribution is 0.327. The Morgan fingerprint density at radius 1 is 1.25 bits per heavy atom. The summed E-state index contributed by atoms with van der Waals surface area (Å²) in [7, 11) is 0. The second-order valence-electron chi connectivity index (χ2n) is 5.59. The molecule has 1 fully saturated rings. The predicted octanol–water partition coefficient (Wildman–Crippen LogP) is 2.85. The number of hydrogen-bond acceptors (Lipinski definition) is 5. The lowest BCUT2D eigenvalue weighted by Gasteiger charge is -2.15. The summed E-state index contributed by atoms with van der Waals surface area (Å²) in [6.07, 6.45) is 1.15. The normalized spacial score (nSPS) is 19.6. The molecule has 0 aromatic carbocycles. The Morgan fingerprint density at radius 2 is 2.00 bits per heavy atom. The van der Waals surface area contributed by atoms with E-state index in [0.29, 0.717) is 5.92 Å². The van der Waals surface area contributed by atoms with Crippen LogP contribution in [-0.4, -0.2) is 32.9 Å². The summed E-state index contributed by atoms with van der Waals surface area (Å²) in [5.41, 5.74) is 5.25. The van der Waals surface area contributed by atoms with Gasteiger partial charge in [-0.2, -0.15) is 0 Å². The van der Waals surface area contributed by atoms with Gasteiger partial charge in [0.15, 0.2) is 0 Å². The summed E-state index contributed by atoms with van der Waals surface area (Å²) in [6.45, 7) is 9.37. The van der Waals surface area contributed by atoms with Gasteiger partial charge in [0.05, 0.1) is 11.2 Å². The molecule has 5 heteroatoms. The van der Waals surface area contributed by atoms with Crippen LogP contribution in [0, 0.1) is 20.8 Å². The molecule has 0 radical (unpaired) electrons. The van der Waals surface area contributed by atoms with Gasteiger partial charge >= 0.3 is 0 Å². The molecule has 106 valence electrons. The van der Waals surface area contributed by atoms with Gasteiger partial charge in [-0.05, 0) is 39.8 Å². The Morgan fingerprint density at radius 3 is 2.65 bits per heavy atom. The van der Waals surface area contributed by atoms with Crippen molar-refractivity contribution in [3.63, 3.8) is 0 Å².